The quantitative estimate of drug-likeness (QED) is 0.317. The molecule has 3 rings (SSSR count). The van der Waals surface area contributed by atoms with Gasteiger partial charge in [0.15, 0.2) is 18.1 Å². The van der Waals surface area contributed by atoms with Crippen LogP contribution in [-0.2, 0) is 14.3 Å². The summed E-state index contributed by atoms with van der Waals surface area (Å²) in [5.74, 6) is -0.00901. The molecule has 10 nitrogen and oxygen atoms in total. The number of nitrogens with zero attached hydrogens (tertiary/aromatic N) is 1. The number of nitro benzene ring substituents is 1. The number of para-hydroxylation sites is 2. The van der Waals surface area contributed by atoms with Crippen molar-refractivity contribution in [3.05, 3.63) is 58.2 Å². The molecular weight excluding hydrogens is 396 g/mol. The van der Waals surface area contributed by atoms with Crippen molar-refractivity contribution in [2.24, 2.45) is 0 Å². The first-order chi connectivity index (χ1) is 14.5. The van der Waals surface area contributed by atoms with Crippen LogP contribution in [0.1, 0.15) is 5.56 Å². The number of nitro groups is 1. The molecule has 0 fully saturated rings. The van der Waals surface area contributed by atoms with Crippen molar-refractivity contribution in [3.63, 3.8) is 0 Å². The minimum absolute atomic E-state index is 0.0162. The highest BCUT2D eigenvalue weighted by Crippen LogP contribution is 2.40. The predicted octanol–water partition coefficient (Wildman–Crippen LogP) is 2.57. The van der Waals surface area contributed by atoms with E-state index in [1.807, 2.05) is 0 Å². The Kier molecular flexibility index (Phi) is 6.48. The van der Waals surface area contributed by atoms with Crippen molar-refractivity contribution in [1.82, 2.24) is 0 Å². The second-order valence-corrected chi connectivity index (χ2v) is 6.01. The maximum atomic E-state index is 11.9. The van der Waals surface area contributed by atoms with Crippen LogP contribution >= 0.6 is 0 Å². The number of carbonyl (C=O) groups excluding carboxylic acids is 2. The van der Waals surface area contributed by atoms with Crippen LogP contribution in [0.5, 0.6) is 17.2 Å². The fourth-order valence-corrected chi connectivity index (χ4v) is 2.66. The van der Waals surface area contributed by atoms with Crippen molar-refractivity contribution >= 4 is 29.3 Å². The zero-order chi connectivity index (χ0) is 21.5. The van der Waals surface area contributed by atoms with E-state index in [4.69, 9.17) is 18.9 Å². The minimum atomic E-state index is -0.762. The van der Waals surface area contributed by atoms with E-state index in [1.54, 1.807) is 18.2 Å². The molecule has 0 saturated carbocycles. The molecule has 0 bridgehead atoms. The van der Waals surface area contributed by atoms with Crippen LogP contribution in [0.3, 0.4) is 0 Å². The van der Waals surface area contributed by atoms with E-state index in [1.165, 1.54) is 31.4 Å². The van der Waals surface area contributed by atoms with Gasteiger partial charge in [0.1, 0.15) is 18.9 Å². The molecule has 156 valence electrons. The summed E-state index contributed by atoms with van der Waals surface area (Å²) >= 11 is 0. The van der Waals surface area contributed by atoms with Crippen LogP contribution in [0.2, 0.25) is 0 Å². The lowest BCUT2D eigenvalue weighted by molar-refractivity contribution is -0.383. The summed E-state index contributed by atoms with van der Waals surface area (Å²) in [6.45, 7) is 0.221. The lowest BCUT2D eigenvalue weighted by Crippen LogP contribution is -2.20. The van der Waals surface area contributed by atoms with E-state index in [9.17, 15) is 19.7 Å². The van der Waals surface area contributed by atoms with Crippen LogP contribution in [0, 0.1) is 10.1 Å². The number of benzene rings is 2. The molecule has 30 heavy (non-hydrogen) atoms. The zero-order valence-electron chi connectivity index (χ0n) is 16.0. The van der Waals surface area contributed by atoms with Crippen molar-refractivity contribution in [2.75, 3.05) is 32.2 Å². The van der Waals surface area contributed by atoms with E-state index in [0.29, 0.717) is 36.0 Å². The number of methoxy groups -OCH3 is 1. The molecule has 0 saturated heterocycles. The topological polar surface area (TPSA) is 126 Å². The van der Waals surface area contributed by atoms with Crippen LogP contribution < -0.4 is 19.5 Å². The molecular formula is C20H18N2O8. The summed E-state index contributed by atoms with van der Waals surface area (Å²) in [6, 6.07) is 9.00. The highest BCUT2D eigenvalue weighted by Gasteiger charge is 2.18. The standard InChI is InChI=1S/C20H18N2O8/c1-27-16-10-13(11-17-20(16)29-9-8-28-17)6-7-19(24)30-12-18(23)21-14-4-2-3-5-15(14)22(25)26/h2-7,10-11H,8-9,12H2,1H3,(H,21,23)/b7-6+. The third-order valence-corrected chi connectivity index (χ3v) is 3.98. The second kappa shape index (κ2) is 9.41. The van der Waals surface area contributed by atoms with Gasteiger partial charge in [0, 0.05) is 12.1 Å². The van der Waals surface area contributed by atoms with Crippen LogP contribution in [0.15, 0.2) is 42.5 Å². The van der Waals surface area contributed by atoms with Gasteiger partial charge in [-0.25, -0.2) is 4.79 Å². The van der Waals surface area contributed by atoms with E-state index in [0.717, 1.165) is 6.08 Å². The summed E-state index contributed by atoms with van der Waals surface area (Å²) in [7, 11) is 1.49. The van der Waals surface area contributed by atoms with Gasteiger partial charge in [0.25, 0.3) is 11.6 Å². The van der Waals surface area contributed by atoms with Crippen molar-refractivity contribution in [3.8, 4) is 17.2 Å². The van der Waals surface area contributed by atoms with E-state index >= 15 is 0 Å². The summed E-state index contributed by atoms with van der Waals surface area (Å²) in [5, 5.41) is 13.3. The molecule has 0 aliphatic carbocycles. The summed E-state index contributed by atoms with van der Waals surface area (Å²) < 4.78 is 21.2. The van der Waals surface area contributed by atoms with Crippen LogP contribution in [0.25, 0.3) is 6.08 Å². The molecule has 1 heterocycles. The lowest BCUT2D eigenvalue weighted by atomic mass is 10.1. The number of ether oxygens (including phenoxy) is 4. The van der Waals surface area contributed by atoms with E-state index in [2.05, 4.69) is 5.32 Å². The molecule has 1 N–H and O–H groups in total. The number of hydrogen-bond acceptors (Lipinski definition) is 8. The maximum absolute atomic E-state index is 11.9. The highest BCUT2D eigenvalue weighted by molar-refractivity contribution is 5.96. The number of anilines is 1. The average molecular weight is 414 g/mol. The fraction of sp³-hybridized carbons (Fsp3) is 0.200. The van der Waals surface area contributed by atoms with E-state index < -0.39 is 23.4 Å². The largest absolute Gasteiger partial charge is 0.493 e. The Morgan fingerprint density at radius 2 is 2.00 bits per heavy atom. The van der Waals surface area contributed by atoms with Gasteiger partial charge in [0.2, 0.25) is 5.75 Å². The second-order valence-electron chi connectivity index (χ2n) is 6.01. The van der Waals surface area contributed by atoms with E-state index in [-0.39, 0.29) is 11.4 Å². The number of nitrogens with one attached hydrogen (secondary N) is 1. The average Bonchev–Trinajstić information content (AvgIpc) is 2.75. The van der Waals surface area contributed by atoms with Crippen molar-refractivity contribution in [1.29, 1.82) is 0 Å². The molecule has 1 amide bonds. The SMILES string of the molecule is COc1cc(/C=C/C(=O)OCC(=O)Nc2ccccc2[N+](=O)[O-])cc2c1OCCO2. The maximum Gasteiger partial charge on any atom is 0.331 e. The van der Waals surface area contributed by atoms with Crippen molar-refractivity contribution in [2.45, 2.75) is 0 Å². The fourth-order valence-electron chi connectivity index (χ4n) is 2.66. The number of esters is 1. The van der Waals surface area contributed by atoms with Gasteiger partial charge >= 0.3 is 5.97 Å². The van der Waals surface area contributed by atoms with Gasteiger partial charge in [0.05, 0.1) is 12.0 Å². The Labute approximate surface area is 171 Å². The first kappa shape index (κ1) is 20.6. The Hall–Kier alpha value is -4.08. The minimum Gasteiger partial charge on any atom is -0.493 e. The van der Waals surface area contributed by atoms with Gasteiger partial charge in [-0.1, -0.05) is 12.1 Å². The van der Waals surface area contributed by atoms with Gasteiger partial charge in [-0.05, 0) is 29.8 Å². The Morgan fingerprint density at radius 1 is 1.23 bits per heavy atom. The summed E-state index contributed by atoms with van der Waals surface area (Å²) in [5.41, 5.74) is 0.365. The molecule has 0 unspecified atom stereocenters. The first-order valence-electron chi connectivity index (χ1n) is 8.83. The van der Waals surface area contributed by atoms with Gasteiger partial charge < -0.3 is 24.3 Å². The van der Waals surface area contributed by atoms with Crippen LogP contribution in [0.4, 0.5) is 11.4 Å². The Balaban J connectivity index is 1.58. The molecule has 0 radical (unpaired) electrons. The Morgan fingerprint density at radius 3 is 2.77 bits per heavy atom. The third kappa shape index (κ3) is 5.04. The number of fused-ring (bicyclic) bond motifs is 1. The normalized spacial score (nSPS) is 12.3. The van der Waals surface area contributed by atoms with Crippen molar-refractivity contribution < 1.29 is 33.5 Å². The number of rotatable bonds is 7. The Bertz CT molecular complexity index is 985. The monoisotopic (exact) mass is 414 g/mol. The van der Waals surface area contributed by atoms with Crippen LogP contribution in [-0.4, -0.2) is 43.7 Å². The molecule has 2 aromatic rings. The molecule has 1 aliphatic heterocycles. The smallest absolute Gasteiger partial charge is 0.331 e. The summed E-state index contributed by atoms with van der Waals surface area (Å²) in [4.78, 5) is 34.2. The van der Waals surface area contributed by atoms with Gasteiger partial charge in [-0.3, -0.25) is 14.9 Å². The summed E-state index contributed by atoms with van der Waals surface area (Å²) in [6.07, 6.45) is 2.62. The number of hydrogen-bond donors (Lipinski definition) is 1. The molecule has 0 spiro atoms. The van der Waals surface area contributed by atoms with Gasteiger partial charge in [-0.15, -0.1) is 0 Å². The number of amides is 1. The number of carbonyl (C=O) groups is 2. The zero-order valence-corrected chi connectivity index (χ0v) is 16.0. The predicted molar refractivity (Wildman–Crippen MR) is 106 cm³/mol. The molecule has 1 aliphatic rings. The lowest BCUT2D eigenvalue weighted by Gasteiger charge is -2.20. The molecule has 0 atom stereocenters. The molecule has 2 aromatic carbocycles. The third-order valence-electron chi connectivity index (χ3n) is 3.98. The highest BCUT2D eigenvalue weighted by atomic mass is 16.6. The van der Waals surface area contributed by atoms with Gasteiger partial charge in [-0.2, -0.15) is 0 Å². The molecule has 0 aromatic heterocycles. The molecule has 10 heteroatoms. The first-order valence-corrected chi connectivity index (χ1v) is 8.83.